The molecule has 1 aromatic carbocycles. The molecule has 0 spiro atoms. The number of unbranched alkanes of at least 4 members (excludes halogenated alkanes) is 1. The average molecular weight is 466 g/mol. The van der Waals surface area contributed by atoms with Crippen LogP contribution in [0.2, 0.25) is 0 Å². The fourth-order valence-corrected chi connectivity index (χ4v) is 2.93. The summed E-state index contributed by atoms with van der Waals surface area (Å²) in [6.45, 7) is 5.78. The molecule has 2 N–H and O–H groups in total. The SMILES string of the molecule is CCCCN1CCC(NC(=NC)NCc2cc(F)ccc2F)CC1.I. The van der Waals surface area contributed by atoms with E-state index in [4.69, 9.17) is 0 Å². The average Bonchev–Trinajstić information content (AvgIpc) is 2.60. The number of likely N-dealkylation sites (tertiary alicyclic amines) is 1. The lowest BCUT2D eigenvalue weighted by Crippen LogP contribution is -2.48. The van der Waals surface area contributed by atoms with Gasteiger partial charge in [0.1, 0.15) is 11.6 Å². The molecular weight excluding hydrogens is 437 g/mol. The molecule has 2 rings (SSSR count). The number of piperidine rings is 1. The monoisotopic (exact) mass is 466 g/mol. The molecule has 0 unspecified atom stereocenters. The van der Waals surface area contributed by atoms with Crippen LogP contribution in [0.5, 0.6) is 0 Å². The Morgan fingerprint density at radius 3 is 2.64 bits per heavy atom. The minimum atomic E-state index is -0.435. The molecule has 0 bridgehead atoms. The lowest BCUT2D eigenvalue weighted by Gasteiger charge is -2.33. The Morgan fingerprint density at radius 2 is 2.00 bits per heavy atom. The molecular formula is C18H29F2IN4. The van der Waals surface area contributed by atoms with E-state index in [0.717, 1.165) is 38.1 Å². The van der Waals surface area contributed by atoms with E-state index in [1.165, 1.54) is 25.5 Å². The number of rotatable bonds is 6. The molecule has 0 saturated carbocycles. The third-order valence-electron chi connectivity index (χ3n) is 4.43. The summed E-state index contributed by atoms with van der Waals surface area (Å²) in [4.78, 5) is 6.68. The molecule has 4 nitrogen and oxygen atoms in total. The topological polar surface area (TPSA) is 39.7 Å². The molecule has 142 valence electrons. The van der Waals surface area contributed by atoms with E-state index in [2.05, 4.69) is 27.4 Å². The smallest absolute Gasteiger partial charge is 0.191 e. The van der Waals surface area contributed by atoms with Crippen molar-refractivity contribution in [2.24, 2.45) is 4.99 Å². The van der Waals surface area contributed by atoms with Gasteiger partial charge in [-0.2, -0.15) is 0 Å². The Bertz CT molecular complexity index is 546. The standard InChI is InChI=1S/C18H28F2N4.HI/c1-3-4-9-24-10-7-16(8-11-24)23-18(21-2)22-13-14-12-15(19)5-6-17(14)20;/h5-6,12,16H,3-4,7-11,13H2,1-2H3,(H2,21,22,23);1H. The summed E-state index contributed by atoms with van der Waals surface area (Å²) in [6, 6.07) is 3.85. The van der Waals surface area contributed by atoms with Crippen LogP contribution in [-0.2, 0) is 6.54 Å². The van der Waals surface area contributed by atoms with Gasteiger partial charge in [0, 0.05) is 38.3 Å². The van der Waals surface area contributed by atoms with Gasteiger partial charge in [0.2, 0.25) is 0 Å². The Balaban J connectivity index is 0.00000312. The Hall–Kier alpha value is -0.960. The molecule has 0 aromatic heterocycles. The van der Waals surface area contributed by atoms with Crippen molar-refractivity contribution in [3.05, 3.63) is 35.4 Å². The normalized spacial score (nSPS) is 16.4. The molecule has 0 radical (unpaired) electrons. The zero-order valence-electron chi connectivity index (χ0n) is 15.0. The first-order chi connectivity index (χ1) is 11.6. The maximum Gasteiger partial charge on any atom is 0.191 e. The number of hydrogen-bond donors (Lipinski definition) is 2. The number of guanidine groups is 1. The molecule has 1 heterocycles. The summed E-state index contributed by atoms with van der Waals surface area (Å²) < 4.78 is 26.9. The number of nitrogens with zero attached hydrogens (tertiary/aromatic N) is 2. The first-order valence-electron chi connectivity index (χ1n) is 8.75. The molecule has 1 aliphatic rings. The van der Waals surface area contributed by atoms with Crippen LogP contribution in [0.15, 0.2) is 23.2 Å². The first kappa shape index (κ1) is 22.1. The van der Waals surface area contributed by atoms with Gasteiger partial charge in [0.25, 0.3) is 0 Å². The third-order valence-corrected chi connectivity index (χ3v) is 4.43. The van der Waals surface area contributed by atoms with Crippen molar-refractivity contribution in [1.29, 1.82) is 0 Å². The minimum Gasteiger partial charge on any atom is -0.354 e. The van der Waals surface area contributed by atoms with Gasteiger partial charge < -0.3 is 15.5 Å². The maximum atomic E-state index is 13.7. The molecule has 1 fully saturated rings. The lowest BCUT2D eigenvalue weighted by molar-refractivity contribution is 0.203. The minimum absolute atomic E-state index is 0. The summed E-state index contributed by atoms with van der Waals surface area (Å²) in [7, 11) is 1.69. The van der Waals surface area contributed by atoms with Crippen molar-refractivity contribution in [2.45, 2.75) is 45.2 Å². The molecule has 25 heavy (non-hydrogen) atoms. The second-order valence-electron chi connectivity index (χ2n) is 6.28. The van der Waals surface area contributed by atoms with Gasteiger partial charge in [-0.1, -0.05) is 13.3 Å². The van der Waals surface area contributed by atoms with E-state index in [0.29, 0.717) is 17.6 Å². The second kappa shape index (κ2) is 11.6. The van der Waals surface area contributed by atoms with E-state index >= 15 is 0 Å². The highest BCUT2D eigenvalue weighted by Gasteiger charge is 2.19. The van der Waals surface area contributed by atoms with Gasteiger partial charge in [-0.25, -0.2) is 8.78 Å². The number of hydrogen-bond acceptors (Lipinski definition) is 2. The molecule has 1 saturated heterocycles. The van der Waals surface area contributed by atoms with Crippen LogP contribution in [0, 0.1) is 11.6 Å². The predicted octanol–water partition coefficient (Wildman–Crippen LogP) is 3.51. The molecule has 0 aliphatic carbocycles. The zero-order chi connectivity index (χ0) is 17.4. The van der Waals surface area contributed by atoms with E-state index in [1.807, 2.05) is 0 Å². The van der Waals surface area contributed by atoms with E-state index in [-0.39, 0.29) is 30.5 Å². The summed E-state index contributed by atoms with van der Waals surface area (Å²) in [5.41, 5.74) is 0.298. The zero-order valence-corrected chi connectivity index (χ0v) is 17.4. The van der Waals surface area contributed by atoms with Crippen molar-refractivity contribution in [3.63, 3.8) is 0 Å². The van der Waals surface area contributed by atoms with Gasteiger partial charge in [0.05, 0.1) is 0 Å². The van der Waals surface area contributed by atoms with Gasteiger partial charge >= 0.3 is 0 Å². The van der Waals surface area contributed by atoms with Crippen LogP contribution >= 0.6 is 24.0 Å². The van der Waals surface area contributed by atoms with Crippen molar-refractivity contribution in [3.8, 4) is 0 Å². The molecule has 7 heteroatoms. The highest BCUT2D eigenvalue weighted by Crippen LogP contribution is 2.12. The first-order valence-corrected chi connectivity index (χ1v) is 8.75. The number of benzene rings is 1. The predicted molar refractivity (Wildman–Crippen MR) is 109 cm³/mol. The van der Waals surface area contributed by atoms with Crippen LogP contribution in [0.3, 0.4) is 0 Å². The highest BCUT2D eigenvalue weighted by molar-refractivity contribution is 14.0. The van der Waals surface area contributed by atoms with Crippen molar-refractivity contribution in [2.75, 3.05) is 26.7 Å². The van der Waals surface area contributed by atoms with E-state index < -0.39 is 11.6 Å². The van der Waals surface area contributed by atoms with Crippen LogP contribution in [-0.4, -0.2) is 43.6 Å². The third kappa shape index (κ3) is 7.43. The Morgan fingerprint density at radius 1 is 1.28 bits per heavy atom. The fourth-order valence-electron chi connectivity index (χ4n) is 2.93. The molecule has 0 amide bonds. The van der Waals surface area contributed by atoms with E-state index in [1.54, 1.807) is 7.05 Å². The highest BCUT2D eigenvalue weighted by atomic mass is 127. The van der Waals surface area contributed by atoms with Gasteiger partial charge in [-0.3, -0.25) is 4.99 Å². The molecule has 1 aromatic rings. The van der Waals surface area contributed by atoms with Gasteiger partial charge in [0.15, 0.2) is 5.96 Å². The number of aliphatic imine (C=N–C) groups is 1. The van der Waals surface area contributed by atoms with E-state index in [9.17, 15) is 8.78 Å². The second-order valence-corrected chi connectivity index (χ2v) is 6.28. The Labute approximate surface area is 166 Å². The summed E-state index contributed by atoms with van der Waals surface area (Å²) in [5.74, 6) is -0.218. The maximum absolute atomic E-state index is 13.7. The van der Waals surface area contributed by atoms with Gasteiger partial charge in [-0.05, 0) is 44.0 Å². The van der Waals surface area contributed by atoms with Crippen LogP contribution < -0.4 is 10.6 Å². The van der Waals surface area contributed by atoms with Crippen LogP contribution in [0.25, 0.3) is 0 Å². The van der Waals surface area contributed by atoms with Crippen molar-refractivity contribution >= 4 is 29.9 Å². The van der Waals surface area contributed by atoms with Crippen molar-refractivity contribution in [1.82, 2.24) is 15.5 Å². The summed E-state index contributed by atoms with van der Waals surface area (Å²) in [6.07, 6.45) is 4.61. The number of nitrogens with one attached hydrogen (secondary N) is 2. The van der Waals surface area contributed by atoms with Gasteiger partial charge in [-0.15, -0.1) is 24.0 Å². The lowest BCUT2D eigenvalue weighted by atomic mass is 10.0. The fraction of sp³-hybridized carbons (Fsp3) is 0.611. The quantitative estimate of drug-likeness (QED) is 0.383. The largest absolute Gasteiger partial charge is 0.354 e. The molecule has 0 atom stereocenters. The summed E-state index contributed by atoms with van der Waals surface area (Å²) >= 11 is 0. The molecule has 1 aliphatic heterocycles. The number of halogens is 3. The Kier molecular flexibility index (Phi) is 10.3. The summed E-state index contributed by atoms with van der Waals surface area (Å²) in [5, 5.41) is 6.45. The van der Waals surface area contributed by atoms with Crippen molar-refractivity contribution < 1.29 is 8.78 Å². The van der Waals surface area contributed by atoms with Crippen LogP contribution in [0.1, 0.15) is 38.2 Å². The van der Waals surface area contributed by atoms with Crippen LogP contribution in [0.4, 0.5) is 8.78 Å².